The lowest BCUT2D eigenvalue weighted by Crippen LogP contribution is -2.33. The molecular weight excluding hydrogens is 315 g/mol. The zero-order valence-corrected chi connectivity index (χ0v) is 14.3. The van der Waals surface area contributed by atoms with Crippen LogP contribution in [0.2, 0.25) is 0 Å². The van der Waals surface area contributed by atoms with Gasteiger partial charge in [0.25, 0.3) is 5.91 Å². The van der Waals surface area contributed by atoms with Gasteiger partial charge < -0.3 is 10.6 Å². The van der Waals surface area contributed by atoms with Crippen LogP contribution in [0.25, 0.3) is 0 Å². The Bertz CT molecular complexity index is 802. The second-order valence-corrected chi connectivity index (χ2v) is 7.02. The summed E-state index contributed by atoms with van der Waals surface area (Å²) in [6.07, 6.45) is 4.12. The molecule has 1 atom stereocenters. The predicted octanol–water partition coefficient (Wildman–Crippen LogP) is 3.32. The molecule has 0 fully saturated rings. The summed E-state index contributed by atoms with van der Waals surface area (Å²) < 4.78 is 13.9. The summed E-state index contributed by atoms with van der Waals surface area (Å²) in [5.41, 5.74) is 5.10. The van der Waals surface area contributed by atoms with Gasteiger partial charge >= 0.3 is 0 Å². The lowest BCUT2D eigenvalue weighted by atomic mass is 9.83. The number of halogens is 1. The summed E-state index contributed by atoms with van der Waals surface area (Å²) in [6, 6.07) is 11.4. The first-order valence-electron chi connectivity index (χ1n) is 9.10. The Labute approximate surface area is 147 Å². The number of hydrogen-bond acceptors (Lipinski definition) is 2. The molecule has 1 aliphatic carbocycles. The first-order chi connectivity index (χ1) is 12.2. The topological polar surface area (TPSA) is 41.1 Å². The minimum Gasteiger partial charge on any atom is -0.351 e. The van der Waals surface area contributed by atoms with Crippen LogP contribution in [0.4, 0.5) is 4.39 Å². The maximum absolute atomic E-state index is 13.9. The molecule has 2 N–H and O–H groups in total. The highest BCUT2D eigenvalue weighted by molar-refractivity contribution is 5.96. The van der Waals surface area contributed by atoms with Gasteiger partial charge in [0.15, 0.2) is 0 Å². The minimum absolute atomic E-state index is 0.164. The van der Waals surface area contributed by atoms with Gasteiger partial charge in [0.05, 0.1) is 0 Å². The van der Waals surface area contributed by atoms with Crippen LogP contribution in [0.5, 0.6) is 0 Å². The lowest BCUT2D eigenvalue weighted by molar-refractivity contribution is 0.0948. The van der Waals surface area contributed by atoms with Gasteiger partial charge in [0, 0.05) is 24.6 Å². The molecule has 4 heteroatoms. The van der Waals surface area contributed by atoms with Crippen LogP contribution in [-0.4, -0.2) is 19.0 Å². The van der Waals surface area contributed by atoms with Crippen molar-refractivity contribution in [1.29, 1.82) is 0 Å². The van der Waals surface area contributed by atoms with Crippen LogP contribution in [0.15, 0.2) is 36.4 Å². The summed E-state index contributed by atoms with van der Waals surface area (Å²) >= 11 is 0. The molecule has 0 saturated carbocycles. The SMILES string of the molecule is O=C(NCC1CCCc2ccccc21)c1cc(F)cc2c1CNCC2. The molecule has 2 aliphatic rings. The highest BCUT2D eigenvalue weighted by Crippen LogP contribution is 2.31. The summed E-state index contributed by atoms with van der Waals surface area (Å²) in [5.74, 6) is -0.146. The van der Waals surface area contributed by atoms with Crippen LogP contribution in [0.3, 0.4) is 0 Å². The number of carbonyl (C=O) groups is 1. The van der Waals surface area contributed by atoms with Gasteiger partial charge in [-0.15, -0.1) is 0 Å². The predicted molar refractivity (Wildman–Crippen MR) is 96.3 cm³/mol. The summed E-state index contributed by atoms with van der Waals surface area (Å²) in [4.78, 5) is 12.7. The van der Waals surface area contributed by atoms with Crippen molar-refractivity contribution in [1.82, 2.24) is 10.6 Å². The largest absolute Gasteiger partial charge is 0.351 e. The van der Waals surface area contributed by atoms with E-state index in [4.69, 9.17) is 0 Å². The van der Waals surface area contributed by atoms with E-state index in [2.05, 4.69) is 34.9 Å². The molecule has 1 amide bonds. The smallest absolute Gasteiger partial charge is 0.251 e. The van der Waals surface area contributed by atoms with Gasteiger partial charge in [-0.05, 0) is 66.6 Å². The van der Waals surface area contributed by atoms with Crippen molar-refractivity contribution in [2.75, 3.05) is 13.1 Å². The molecule has 3 nitrogen and oxygen atoms in total. The Kier molecular flexibility index (Phi) is 4.53. The van der Waals surface area contributed by atoms with Crippen molar-refractivity contribution < 1.29 is 9.18 Å². The Morgan fingerprint density at radius 2 is 2.08 bits per heavy atom. The van der Waals surface area contributed by atoms with E-state index in [1.165, 1.54) is 17.2 Å². The Balaban J connectivity index is 1.51. The van der Waals surface area contributed by atoms with E-state index < -0.39 is 0 Å². The normalized spacial score (nSPS) is 19.0. The maximum Gasteiger partial charge on any atom is 0.251 e. The van der Waals surface area contributed by atoms with Crippen LogP contribution in [0, 0.1) is 5.82 Å². The molecule has 0 saturated heterocycles. The van der Waals surface area contributed by atoms with Gasteiger partial charge in [0.2, 0.25) is 0 Å². The van der Waals surface area contributed by atoms with E-state index in [1.54, 1.807) is 6.07 Å². The molecule has 1 aliphatic heterocycles. The van der Waals surface area contributed by atoms with Gasteiger partial charge in [-0.1, -0.05) is 24.3 Å². The van der Waals surface area contributed by atoms with Crippen LogP contribution >= 0.6 is 0 Å². The van der Waals surface area contributed by atoms with E-state index in [-0.39, 0.29) is 11.7 Å². The van der Waals surface area contributed by atoms with E-state index in [1.807, 2.05) is 0 Å². The fourth-order valence-corrected chi connectivity index (χ4v) is 4.14. The second kappa shape index (κ2) is 6.96. The Morgan fingerprint density at radius 1 is 1.20 bits per heavy atom. The molecule has 1 unspecified atom stereocenters. The van der Waals surface area contributed by atoms with Gasteiger partial charge in [-0.25, -0.2) is 4.39 Å². The molecule has 2 aromatic carbocycles. The fourth-order valence-electron chi connectivity index (χ4n) is 4.14. The Morgan fingerprint density at radius 3 is 3.00 bits per heavy atom. The quantitative estimate of drug-likeness (QED) is 0.901. The molecule has 25 heavy (non-hydrogen) atoms. The second-order valence-electron chi connectivity index (χ2n) is 7.02. The van der Waals surface area contributed by atoms with Gasteiger partial charge in [-0.2, -0.15) is 0 Å². The third kappa shape index (κ3) is 3.31. The molecule has 0 aromatic heterocycles. The number of benzene rings is 2. The number of aryl methyl sites for hydroxylation is 1. The number of hydrogen-bond donors (Lipinski definition) is 2. The van der Waals surface area contributed by atoms with E-state index in [0.717, 1.165) is 43.4 Å². The van der Waals surface area contributed by atoms with Crippen molar-refractivity contribution >= 4 is 5.91 Å². The summed E-state index contributed by atoms with van der Waals surface area (Å²) in [5, 5.41) is 6.33. The first-order valence-corrected chi connectivity index (χ1v) is 9.10. The molecule has 0 radical (unpaired) electrons. The molecule has 4 rings (SSSR count). The number of carbonyl (C=O) groups excluding carboxylic acids is 1. The molecule has 0 bridgehead atoms. The molecule has 2 aromatic rings. The van der Waals surface area contributed by atoms with Gasteiger partial charge in [0.1, 0.15) is 5.82 Å². The molecule has 0 spiro atoms. The van der Waals surface area contributed by atoms with Crippen molar-refractivity contribution in [2.24, 2.45) is 0 Å². The minimum atomic E-state index is -0.325. The Hall–Kier alpha value is -2.20. The third-order valence-electron chi connectivity index (χ3n) is 5.43. The zero-order valence-electron chi connectivity index (χ0n) is 14.3. The monoisotopic (exact) mass is 338 g/mol. The van der Waals surface area contributed by atoms with E-state index >= 15 is 0 Å². The number of amides is 1. The molecule has 1 heterocycles. The standard InChI is InChI=1S/C21H23FN2O/c22-17-10-15-8-9-23-13-20(15)19(11-17)21(25)24-12-16-6-3-5-14-4-1-2-7-18(14)16/h1-2,4,7,10-11,16,23H,3,5-6,8-9,12-13H2,(H,24,25). The summed E-state index contributed by atoms with van der Waals surface area (Å²) in [6.45, 7) is 2.07. The number of nitrogens with one attached hydrogen (secondary N) is 2. The fraction of sp³-hybridized carbons (Fsp3) is 0.381. The average Bonchev–Trinajstić information content (AvgIpc) is 2.65. The highest BCUT2D eigenvalue weighted by Gasteiger charge is 2.23. The van der Waals surface area contributed by atoms with E-state index in [9.17, 15) is 9.18 Å². The highest BCUT2D eigenvalue weighted by atomic mass is 19.1. The third-order valence-corrected chi connectivity index (χ3v) is 5.43. The summed E-state index contributed by atoms with van der Waals surface area (Å²) in [7, 11) is 0. The van der Waals surface area contributed by atoms with Crippen LogP contribution < -0.4 is 10.6 Å². The number of fused-ring (bicyclic) bond motifs is 2. The number of rotatable bonds is 3. The molecular formula is C21H23FN2O. The van der Waals surface area contributed by atoms with Crippen molar-refractivity contribution in [3.8, 4) is 0 Å². The first kappa shape index (κ1) is 16.3. The van der Waals surface area contributed by atoms with Crippen LogP contribution in [-0.2, 0) is 19.4 Å². The van der Waals surface area contributed by atoms with Crippen molar-refractivity contribution in [3.63, 3.8) is 0 Å². The lowest BCUT2D eigenvalue weighted by Gasteiger charge is -2.26. The average molecular weight is 338 g/mol. The van der Waals surface area contributed by atoms with Crippen molar-refractivity contribution in [2.45, 2.75) is 38.1 Å². The van der Waals surface area contributed by atoms with Crippen LogP contribution in [0.1, 0.15) is 51.4 Å². The van der Waals surface area contributed by atoms with E-state index in [0.29, 0.717) is 24.6 Å². The zero-order chi connectivity index (χ0) is 17.2. The van der Waals surface area contributed by atoms with Crippen molar-refractivity contribution in [3.05, 3.63) is 70.0 Å². The molecule has 130 valence electrons. The van der Waals surface area contributed by atoms with Gasteiger partial charge in [-0.3, -0.25) is 4.79 Å². The maximum atomic E-state index is 13.9.